The summed E-state index contributed by atoms with van der Waals surface area (Å²) in [4.78, 5) is 65.5. The summed E-state index contributed by atoms with van der Waals surface area (Å²) in [5, 5.41) is 7.57. The number of rotatable bonds is 9. The maximum Gasteiger partial charge on any atom is 0.358 e. The summed E-state index contributed by atoms with van der Waals surface area (Å²) in [5.41, 5.74) is 8.79. The number of nitrogens with two attached hydrogens (primary N) is 1. The summed E-state index contributed by atoms with van der Waals surface area (Å²) in [6.45, 7) is 2.44. The summed E-state index contributed by atoms with van der Waals surface area (Å²) in [6.07, 6.45) is 3.53. The predicted molar refractivity (Wildman–Crippen MR) is 141 cm³/mol. The number of carbonyl (C=O) groups is 4. The molecule has 2 atom stereocenters. The average Bonchev–Trinajstić information content (AvgIpc) is 3.50. The molecular weight excluding hydrogens is 556 g/mol. The van der Waals surface area contributed by atoms with E-state index in [0.717, 1.165) is 21.9 Å². The highest BCUT2D eigenvalue weighted by molar-refractivity contribution is 8.00. The number of nitrogens with zero attached hydrogens (tertiary/aromatic N) is 4. The number of aryl methyl sites for hydroxylation is 1. The molecule has 1 unspecified atom stereocenters. The standard InChI is InChI=1S/C22H22N6O7S3/c1-10-14(38-8-24-10)5-4-12-6-36-20-16(19(31)28(20)17(12)21(32)35-9-34-11(2)29)26-18(30)15(27-33-3)13-7-37-22(23)25-13/h4-5,7-8,16,20H,6,9H2,1-3H3,(H2,23,25)(H,26,30)/b5-4+,27-15+/t16?,20-/m1/s1. The molecule has 13 nitrogen and oxygen atoms in total. The lowest BCUT2D eigenvalue weighted by molar-refractivity contribution is -0.166. The SMILES string of the molecule is CO/N=C(/C(=O)NC1C(=O)N2C(C(=O)OCOC(C)=O)=C(/C=C/c3scnc3C)CS[C@H]12)c1csc(N)n1. The summed E-state index contributed by atoms with van der Waals surface area (Å²) in [5.74, 6) is -2.33. The molecule has 16 heteroatoms. The van der Waals surface area contributed by atoms with Gasteiger partial charge in [0.15, 0.2) is 10.8 Å². The Morgan fingerprint density at radius 1 is 1.29 bits per heavy atom. The number of thiazole rings is 2. The van der Waals surface area contributed by atoms with E-state index in [1.54, 1.807) is 23.0 Å². The number of hydrogen-bond acceptors (Lipinski definition) is 14. The Morgan fingerprint density at radius 2 is 2.08 bits per heavy atom. The number of allylic oxidation sites excluding steroid dienone is 1. The Labute approximate surface area is 228 Å². The normalized spacial score (nSPS) is 19.2. The molecule has 2 aromatic rings. The van der Waals surface area contributed by atoms with Crippen LogP contribution in [-0.4, -0.2) is 75.4 Å². The van der Waals surface area contributed by atoms with E-state index in [1.165, 1.54) is 42.0 Å². The van der Waals surface area contributed by atoms with Crippen LogP contribution in [0.2, 0.25) is 0 Å². The molecule has 200 valence electrons. The summed E-state index contributed by atoms with van der Waals surface area (Å²) < 4.78 is 9.82. The van der Waals surface area contributed by atoms with Crippen molar-refractivity contribution in [3.63, 3.8) is 0 Å². The van der Waals surface area contributed by atoms with E-state index in [4.69, 9.17) is 20.0 Å². The molecule has 2 aliphatic rings. The molecule has 0 spiro atoms. The molecule has 0 aliphatic carbocycles. The van der Waals surface area contributed by atoms with Crippen molar-refractivity contribution in [1.82, 2.24) is 20.2 Å². The summed E-state index contributed by atoms with van der Waals surface area (Å²) in [7, 11) is 1.28. The van der Waals surface area contributed by atoms with Crippen molar-refractivity contribution in [2.24, 2.45) is 5.16 Å². The third-order valence-corrected chi connectivity index (χ3v) is 8.18. The van der Waals surface area contributed by atoms with Crippen LogP contribution in [-0.2, 0) is 33.5 Å². The molecule has 2 amide bonds. The number of aromatic nitrogens is 2. The highest BCUT2D eigenvalue weighted by atomic mass is 32.2. The summed E-state index contributed by atoms with van der Waals surface area (Å²) >= 11 is 3.92. The number of β-lactam (4-membered cyclic amide) rings is 1. The molecule has 4 heterocycles. The second-order valence-corrected chi connectivity index (χ2v) is 10.6. The lowest BCUT2D eigenvalue weighted by Gasteiger charge is -2.49. The zero-order chi connectivity index (χ0) is 27.4. The van der Waals surface area contributed by atoms with Crippen LogP contribution in [0.15, 0.2) is 33.4 Å². The second-order valence-electron chi connectivity index (χ2n) is 7.75. The number of esters is 2. The quantitative estimate of drug-likeness (QED) is 0.144. The minimum atomic E-state index is -0.948. The zero-order valence-electron chi connectivity index (χ0n) is 20.3. The maximum atomic E-state index is 13.2. The van der Waals surface area contributed by atoms with Gasteiger partial charge in [-0.05, 0) is 18.6 Å². The average molecular weight is 579 g/mol. The van der Waals surface area contributed by atoms with Crippen molar-refractivity contribution < 1.29 is 33.5 Å². The van der Waals surface area contributed by atoms with E-state index < -0.39 is 42.0 Å². The molecule has 2 aromatic heterocycles. The fourth-order valence-corrected chi connectivity index (χ4v) is 6.10. The van der Waals surface area contributed by atoms with Gasteiger partial charge in [-0.1, -0.05) is 11.2 Å². The molecule has 1 saturated heterocycles. The van der Waals surface area contributed by atoms with Gasteiger partial charge in [0.05, 0.1) is 11.2 Å². The molecule has 2 aliphatic heterocycles. The van der Waals surface area contributed by atoms with Gasteiger partial charge in [-0.3, -0.25) is 19.3 Å². The van der Waals surface area contributed by atoms with Gasteiger partial charge in [-0.2, -0.15) is 0 Å². The first-order valence-electron chi connectivity index (χ1n) is 10.9. The first kappa shape index (κ1) is 27.3. The van der Waals surface area contributed by atoms with Crippen molar-refractivity contribution in [3.05, 3.63) is 44.5 Å². The van der Waals surface area contributed by atoms with Crippen molar-refractivity contribution in [1.29, 1.82) is 0 Å². The van der Waals surface area contributed by atoms with Crippen molar-refractivity contribution in [2.45, 2.75) is 25.3 Å². The van der Waals surface area contributed by atoms with Gasteiger partial charge in [0, 0.05) is 22.9 Å². The Morgan fingerprint density at radius 3 is 2.71 bits per heavy atom. The fourth-order valence-electron chi connectivity index (χ4n) is 3.54. The van der Waals surface area contributed by atoms with Gasteiger partial charge in [0.2, 0.25) is 6.79 Å². The molecule has 1 fully saturated rings. The van der Waals surface area contributed by atoms with E-state index in [2.05, 4.69) is 20.4 Å². The van der Waals surface area contributed by atoms with E-state index in [9.17, 15) is 19.2 Å². The number of hydrogen-bond donors (Lipinski definition) is 2. The van der Waals surface area contributed by atoms with Crippen molar-refractivity contribution in [3.8, 4) is 0 Å². The third kappa shape index (κ3) is 5.71. The summed E-state index contributed by atoms with van der Waals surface area (Å²) in [6, 6.07) is -0.948. The van der Waals surface area contributed by atoms with Crippen LogP contribution in [0.1, 0.15) is 23.2 Å². The van der Waals surface area contributed by atoms with Crippen LogP contribution in [0.25, 0.3) is 6.08 Å². The molecule has 0 radical (unpaired) electrons. The molecule has 3 N–H and O–H groups in total. The van der Waals surface area contributed by atoms with Crippen LogP contribution < -0.4 is 11.1 Å². The van der Waals surface area contributed by atoms with Gasteiger partial charge in [0.25, 0.3) is 11.8 Å². The molecule has 0 bridgehead atoms. The zero-order valence-corrected chi connectivity index (χ0v) is 22.8. The number of nitrogen functional groups attached to an aromatic ring is 1. The topological polar surface area (TPSA) is 175 Å². The Bertz CT molecular complexity index is 1360. The van der Waals surface area contributed by atoms with Crippen LogP contribution in [0.5, 0.6) is 0 Å². The Kier molecular flexibility index (Phi) is 8.43. The molecule has 4 rings (SSSR count). The van der Waals surface area contributed by atoms with Crippen LogP contribution in [0.3, 0.4) is 0 Å². The lowest BCUT2D eigenvalue weighted by Crippen LogP contribution is -2.71. The Balaban J connectivity index is 1.56. The number of anilines is 1. The van der Waals surface area contributed by atoms with E-state index in [-0.39, 0.29) is 22.2 Å². The second kappa shape index (κ2) is 11.7. The van der Waals surface area contributed by atoms with Gasteiger partial charge in [0.1, 0.15) is 29.9 Å². The van der Waals surface area contributed by atoms with E-state index in [1.807, 2.05) is 6.92 Å². The van der Waals surface area contributed by atoms with Crippen LogP contribution in [0, 0.1) is 6.92 Å². The molecule has 0 aromatic carbocycles. The number of amides is 2. The molecule has 0 saturated carbocycles. The van der Waals surface area contributed by atoms with Crippen LogP contribution in [0.4, 0.5) is 5.13 Å². The van der Waals surface area contributed by atoms with Crippen molar-refractivity contribution >= 4 is 75.1 Å². The largest absolute Gasteiger partial charge is 0.428 e. The minimum absolute atomic E-state index is 0.00729. The van der Waals surface area contributed by atoms with Gasteiger partial charge >= 0.3 is 11.9 Å². The molecular formula is C22H22N6O7S3. The monoisotopic (exact) mass is 578 g/mol. The number of carbonyl (C=O) groups excluding carboxylic acids is 4. The number of ether oxygens (including phenoxy) is 2. The van der Waals surface area contributed by atoms with Gasteiger partial charge < -0.3 is 25.4 Å². The number of nitrogens with one attached hydrogen (secondary N) is 1. The fraction of sp³-hybridized carbons (Fsp3) is 0.318. The maximum absolute atomic E-state index is 13.2. The number of oxime groups is 1. The molecule has 38 heavy (non-hydrogen) atoms. The van der Waals surface area contributed by atoms with Gasteiger partial charge in [-0.15, -0.1) is 34.4 Å². The van der Waals surface area contributed by atoms with Gasteiger partial charge in [-0.25, -0.2) is 14.8 Å². The predicted octanol–water partition coefficient (Wildman–Crippen LogP) is 1.27. The van der Waals surface area contributed by atoms with E-state index in [0.29, 0.717) is 11.3 Å². The van der Waals surface area contributed by atoms with Crippen LogP contribution >= 0.6 is 34.4 Å². The highest BCUT2D eigenvalue weighted by Gasteiger charge is 2.54. The minimum Gasteiger partial charge on any atom is -0.428 e. The smallest absolute Gasteiger partial charge is 0.358 e. The first-order valence-corrected chi connectivity index (χ1v) is 13.7. The number of thioether (sulfide) groups is 1. The third-order valence-electron chi connectivity index (χ3n) is 5.31. The van der Waals surface area contributed by atoms with Crippen molar-refractivity contribution in [2.75, 3.05) is 25.4 Å². The first-order chi connectivity index (χ1) is 18.2. The number of fused-ring (bicyclic) bond motifs is 1. The van der Waals surface area contributed by atoms with E-state index >= 15 is 0 Å². The lowest BCUT2D eigenvalue weighted by atomic mass is 10.0. The highest BCUT2D eigenvalue weighted by Crippen LogP contribution is 2.41. The Hall–Kier alpha value is -3.76.